The number of hydrogen-bond acceptors (Lipinski definition) is 10. The second kappa shape index (κ2) is 10.2. The zero-order chi connectivity index (χ0) is 31.0. The molecular weight excluding hydrogens is 544 g/mol. The summed E-state index contributed by atoms with van der Waals surface area (Å²) in [5.74, 6) is -3.07. The number of ether oxygens (including phenoxy) is 4. The van der Waals surface area contributed by atoms with Crippen molar-refractivity contribution in [2.75, 3.05) is 7.11 Å². The minimum atomic E-state index is -1.33. The van der Waals surface area contributed by atoms with Gasteiger partial charge in [0.05, 0.1) is 44.2 Å². The van der Waals surface area contributed by atoms with E-state index in [-0.39, 0.29) is 19.3 Å². The summed E-state index contributed by atoms with van der Waals surface area (Å²) in [6.07, 6.45) is -1.67. The van der Waals surface area contributed by atoms with Crippen molar-refractivity contribution in [1.29, 1.82) is 0 Å². The van der Waals surface area contributed by atoms with Crippen molar-refractivity contribution < 1.29 is 48.0 Å². The highest BCUT2D eigenvalue weighted by Gasteiger charge is 2.77. The minimum Gasteiger partial charge on any atom is -0.472 e. The second-order valence-electron chi connectivity index (χ2n) is 13.8. The molecule has 1 aromatic rings. The Bertz CT molecular complexity index is 1250. The first-order valence-corrected chi connectivity index (χ1v) is 14.8. The molecule has 2 aliphatic carbocycles. The molecule has 4 fully saturated rings. The van der Waals surface area contributed by atoms with Crippen molar-refractivity contribution >= 4 is 17.9 Å². The molecule has 0 radical (unpaired) electrons. The second-order valence-corrected chi connectivity index (χ2v) is 13.8. The van der Waals surface area contributed by atoms with Gasteiger partial charge in [0.15, 0.2) is 0 Å². The van der Waals surface area contributed by atoms with E-state index in [2.05, 4.69) is 6.58 Å². The molecule has 0 unspecified atom stereocenters. The number of methoxy groups -OCH3 is 1. The summed E-state index contributed by atoms with van der Waals surface area (Å²) >= 11 is 0. The Kier molecular flexibility index (Phi) is 7.47. The number of cyclic esters (lactones) is 1. The van der Waals surface area contributed by atoms with Crippen molar-refractivity contribution in [3.05, 3.63) is 36.3 Å². The number of esters is 3. The standard InChI is InChI=1S/C32H44O10/c1-9-16(2)28(37)41-26-24(36)27-31(7,20(29(26,4)5)12-21(34)38-8)23-17(3)32(42-27)14-22(35)40-25(18-10-11-39-15-18)30(32,6)13-19(23)33/h10-11,15-16,19-20,23-27,33,36H,3,9,12-14H2,1-2,4-8H3/t16-,19-,20+,23-,24+,25+,26+,27+,30+,31+,32+/m1/s1. The van der Waals surface area contributed by atoms with Gasteiger partial charge in [-0.1, -0.05) is 48.1 Å². The molecule has 2 saturated heterocycles. The summed E-state index contributed by atoms with van der Waals surface area (Å²) in [5.41, 5.74) is -3.14. The van der Waals surface area contributed by atoms with E-state index < -0.39 is 88.0 Å². The maximum atomic E-state index is 13.2. The van der Waals surface area contributed by atoms with Crippen LogP contribution in [0.25, 0.3) is 0 Å². The molecule has 11 atom stereocenters. The number of aliphatic hydroxyl groups excluding tert-OH is 2. The van der Waals surface area contributed by atoms with Crippen LogP contribution in [0.2, 0.25) is 0 Å². The zero-order valence-corrected chi connectivity index (χ0v) is 25.5. The third kappa shape index (κ3) is 4.04. The number of aliphatic hydroxyl groups is 2. The van der Waals surface area contributed by atoms with Crippen LogP contribution in [0.3, 0.4) is 0 Å². The molecule has 2 saturated carbocycles. The highest BCUT2D eigenvalue weighted by molar-refractivity contribution is 5.75. The summed E-state index contributed by atoms with van der Waals surface area (Å²) in [5, 5.41) is 24.1. The van der Waals surface area contributed by atoms with Crippen LogP contribution in [-0.4, -0.2) is 65.2 Å². The van der Waals surface area contributed by atoms with E-state index in [1.54, 1.807) is 13.0 Å². The average molecular weight is 589 g/mol. The fraction of sp³-hybridized carbons (Fsp3) is 0.719. The van der Waals surface area contributed by atoms with Gasteiger partial charge in [-0.2, -0.15) is 0 Å². The fourth-order valence-electron chi connectivity index (χ4n) is 8.94. The largest absolute Gasteiger partial charge is 0.472 e. The SMILES string of the molecule is C=C1[C@@H]2[C@H](O)C[C@@]3(C)[C@H](c4ccoc4)OC(=O)C[C@]13O[C@H]1[C@@H](O)[C@H](OC(=O)[C@H](C)CC)C(C)(C)[C@H](CC(=O)OC)[C@@]21C. The van der Waals surface area contributed by atoms with Crippen LogP contribution in [0.1, 0.15) is 78.9 Å². The van der Waals surface area contributed by atoms with Gasteiger partial charge in [-0.25, -0.2) is 0 Å². The van der Waals surface area contributed by atoms with Gasteiger partial charge in [-0.15, -0.1) is 0 Å². The Labute approximate surface area is 246 Å². The molecule has 3 heterocycles. The normalized spacial score (nSPS) is 42.9. The van der Waals surface area contributed by atoms with E-state index in [0.29, 0.717) is 17.6 Å². The average Bonchev–Trinajstić information content (AvgIpc) is 3.46. The molecule has 10 nitrogen and oxygen atoms in total. The lowest BCUT2D eigenvalue weighted by atomic mass is 9.40. The summed E-state index contributed by atoms with van der Waals surface area (Å²) < 4.78 is 29.4. The van der Waals surface area contributed by atoms with Gasteiger partial charge in [0.1, 0.15) is 23.9 Å². The van der Waals surface area contributed by atoms with Crippen LogP contribution in [0.5, 0.6) is 0 Å². The number of hydrogen-bond donors (Lipinski definition) is 2. The van der Waals surface area contributed by atoms with Gasteiger partial charge in [-0.3, -0.25) is 14.4 Å². The number of carbonyl (C=O) groups excluding carboxylic acids is 3. The van der Waals surface area contributed by atoms with Crippen molar-refractivity contribution in [2.24, 2.45) is 34.0 Å². The zero-order valence-electron chi connectivity index (χ0n) is 25.5. The van der Waals surface area contributed by atoms with Gasteiger partial charge in [0.25, 0.3) is 0 Å². The molecule has 0 amide bonds. The Hall–Kier alpha value is -2.69. The number of rotatable bonds is 6. The molecule has 2 bridgehead atoms. The summed E-state index contributed by atoms with van der Waals surface area (Å²) in [6.45, 7) is 15.6. The van der Waals surface area contributed by atoms with Gasteiger partial charge in [-0.05, 0) is 30.4 Å². The van der Waals surface area contributed by atoms with Gasteiger partial charge in [0, 0.05) is 34.1 Å². The topological polar surface area (TPSA) is 142 Å². The predicted octanol–water partition coefficient (Wildman–Crippen LogP) is 3.89. The van der Waals surface area contributed by atoms with E-state index in [9.17, 15) is 24.6 Å². The number of fused-ring (bicyclic) bond motifs is 3. The van der Waals surface area contributed by atoms with Crippen molar-refractivity contribution in [1.82, 2.24) is 0 Å². The van der Waals surface area contributed by atoms with E-state index in [1.165, 1.54) is 19.6 Å². The maximum absolute atomic E-state index is 13.2. The fourth-order valence-corrected chi connectivity index (χ4v) is 8.94. The van der Waals surface area contributed by atoms with Crippen LogP contribution >= 0.6 is 0 Å². The molecule has 10 heteroatoms. The minimum absolute atomic E-state index is 0.0651. The summed E-state index contributed by atoms with van der Waals surface area (Å²) in [4.78, 5) is 39.2. The quantitative estimate of drug-likeness (QED) is 0.286. The smallest absolute Gasteiger partial charge is 0.309 e. The highest BCUT2D eigenvalue weighted by atomic mass is 16.6. The highest BCUT2D eigenvalue weighted by Crippen LogP contribution is 2.72. The Morgan fingerprint density at radius 3 is 2.50 bits per heavy atom. The maximum Gasteiger partial charge on any atom is 0.309 e. The first kappa shape index (κ1) is 30.8. The van der Waals surface area contributed by atoms with E-state index in [0.717, 1.165) is 0 Å². The molecule has 4 aliphatic rings. The summed E-state index contributed by atoms with van der Waals surface area (Å²) in [7, 11) is 1.31. The van der Waals surface area contributed by atoms with E-state index >= 15 is 0 Å². The lowest BCUT2D eigenvalue weighted by Crippen LogP contribution is -2.78. The molecule has 1 aromatic heterocycles. The van der Waals surface area contributed by atoms with E-state index in [1.807, 2.05) is 34.6 Å². The van der Waals surface area contributed by atoms with Gasteiger partial charge < -0.3 is 33.6 Å². The number of carbonyl (C=O) groups is 3. The molecular formula is C32H44O10. The molecule has 2 N–H and O–H groups in total. The lowest BCUT2D eigenvalue weighted by Gasteiger charge is -2.72. The molecule has 42 heavy (non-hydrogen) atoms. The molecule has 1 spiro atoms. The van der Waals surface area contributed by atoms with Crippen molar-refractivity contribution in [3.63, 3.8) is 0 Å². The van der Waals surface area contributed by atoms with Crippen molar-refractivity contribution in [3.8, 4) is 0 Å². The van der Waals surface area contributed by atoms with Gasteiger partial charge in [0.2, 0.25) is 0 Å². The molecule has 2 aliphatic heterocycles. The first-order chi connectivity index (χ1) is 19.6. The van der Waals surface area contributed by atoms with E-state index in [4.69, 9.17) is 23.4 Å². The third-order valence-electron chi connectivity index (χ3n) is 11.4. The van der Waals surface area contributed by atoms with Crippen LogP contribution < -0.4 is 0 Å². The van der Waals surface area contributed by atoms with Crippen LogP contribution in [0.15, 0.2) is 35.2 Å². The Morgan fingerprint density at radius 2 is 1.90 bits per heavy atom. The Balaban J connectivity index is 1.68. The third-order valence-corrected chi connectivity index (χ3v) is 11.4. The monoisotopic (exact) mass is 588 g/mol. The van der Waals surface area contributed by atoms with Crippen LogP contribution in [-0.2, 0) is 33.3 Å². The molecule has 232 valence electrons. The molecule has 0 aromatic carbocycles. The first-order valence-electron chi connectivity index (χ1n) is 14.8. The van der Waals surface area contributed by atoms with Gasteiger partial charge >= 0.3 is 17.9 Å². The van der Waals surface area contributed by atoms with Crippen molar-refractivity contribution in [2.45, 2.75) is 103 Å². The molecule has 5 rings (SSSR count). The Morgan fingerprint density at radius 1 is 1.21 bits per heavy atom. The number of furan rings is 1. The predicted molar refractivity (Wildman–Crippen MR) is 148 cm³/mol. The summed E-state index contributed by atoms with van der Waals surface area (Å²) in [6, 6.07) is 1.71. The van der Waals surface area contributed by atoms with Crippen LogP contribution in [0.4, 0.5) is 0 Å². The lowest BCUT2D eigenvalue weighted by molar-refractivity contribution is -0.350. The van der Waals surface area contributed by atoms with Crippen LogP contribution in [0, 0.1) is 34.0 Å².